The molecule has 3 aromatic rings. The second-order valence-electron chi connectivity index (χ2n) is 7.85. The molecule has 0 aliphatic carbocycles. The molecule has 31 heavy (non-hydrogen) atoms. The van der Waals surface area contributed by atoms with Gasteiger partial charge in [-0.3, -0.25) is 0 Å². The Hall–Kier alpha value is -2.71. The molecule has 0 bridgehead atoms. The summed E-state index contributed by atoms with van der Waals surface area (Å²) in [7, 11) is -3.55. The first-order valence-electron chi connectivity index (χ1n) is 10.5. The van der Waals surface area contributed by atoms with Crippen molar-refractivity contribution in [2.45, 2.75) is 44.4 Å². The summed E-state index contributed by atoms with van der Waals surface area (Å²) in [6.45, 7) is 7.17. The second kappa shape index (κ2) is 8.80. The van der Waals surface area contributed by atoms with Gasteiger partial charge in [0, 0.05) is 24.6 Å². The van der Waals surface area contributed by atoms with Crippen LogP contribution in [0, 0.1) is 13.8 Å². The van der Waals surface area contributed by atoms with Crippen molar-refractivity contribution < 1.29 is 17.6 Å². The standard InChI is InChI=1S/C23H27N3O4S/c1-4-29-21-10-9-20(15-17(21)3)31(27,28)26-13-11-19(12-14-26)23-25-24-22(30-23)18-7-5-16(2)6-8-18/h5-10,15,19H,4,11-14H2,1-3H3. The molecule has 0 N–H and O–H groups in total. The van der Waals surface area contributed by atoms with Crippen LogP contribution in [0.15, 0.2) is 51.8 Å². The molecule has 1 saturated heterocycles. The Morgan fingerprint density at radius 1 is 1.06 bits per heavy atom. The maximum atomic E-state index is 13.1. The van der Waals surface area contributed by atoms with Gasteiger partial charge in [0.25, 0.3) is 0 Å². The van der Waals surface area contributed by atoms with Gasteiger partial charge in [-0.05, 0) is 69.5 Å². The van der Waals surface area contributed by atoms with Gasteiger partial charge < -0.3 is 9.15 Å². The van der Waals surface area contributed by atoms with Crippen molar-refractivity contribution in [3.8, 4) is 17.2 Å². The Morgan fingerprint density at radius 2 is 1.77 bits per heavy atom. The maximum Gasteiger partial charge on any atom is 0.247 e. The zero-order valence-electron chi connectivity index (χ0n) is 18.0. The summed E-state index contributed by atoms with van der Waals surface area (Å²) in [5.74, 6) is 1.83. The fourth-order valence-corrected chi connectivity index (χ4v) is 5.36. The van der Waals surface area contributed by atoms with Gasteiger partial charge in [0.05, 0.1) is 11.5 Å². The van der Waals surface area contributed by atoms with Gasteiger partial charge in [0.15, 0.2) is 0 Å². The Bertz CT molecular complexity index is 1150. The summed E-state index contributed by atoms with van der Waals surface area (Å²) < 4.78 is 39.2. The van der Waals surface area contributed by atoms with Gasteiger partial charge in [-0.15, -0.1) is 10.2 Å². The van der Waals surface area contributed by atoms with Crippen LogP contribution in [0.1, 0.15) is 42.7 Å². The Labute approximate surface area is 183 Å². The molecule has 0 saturated carbocycles. The van der Waals surface area contributed by atoms with E-state index < -0.39 is 10.0 Å². The van der Waals surface area contributed by atoms with Crippen LogP contribution in [-0.2, 0) is 10.0 Å². The minimum atomic E-state index is -3.55. The topological polar surface area (TPSA) is 85.5 Å². The summed E-state index contributed by atoms with van der Waals surface area (Å²) in [5.41, 5.74) is 2.86. The van der Waals surface area contributed by atoms with E-state index in [0.717, 1.165) is 11.1 Å². The van der Waals surface area contributed by atoms with Gasteiger partial charge in [0.1, 0.15) is 5.75 Å². The van der Waals surface area contributed by atoms with Crippen molar-refractivity contribution >= 4 is 10.0 Å². The quantitative estimate of drug-likeness (QED) is 0.566. The average Bonchev–Trinajstić information content (AvgIpc) is 3.26. The van der Waals surface area contributed by atoms with Crippen molar-refractivity contribution in [3.05, 3.63) is 59.5 Å². The molecular weight excluding hydrogens is 414 g/mol. The number of hydrogen-bond acceptors (Lipinski definition) is 6. The average molecular weight is 442 g/mol. The molecule has 2 heterocycles. The van der Waals surface area contributed by atoms with Crippen LogP contribution < -0.4 is 4.74 Å². The molecule has 1 aromatic heterocycles. The van der Waals surface area contributed by atoms with E-state index in [9.17, 15) is 8.42 Å². The highest BCUT2D eigenvalue weighted by atomic mass is 32.2. The van der Waals surface area contributed by atoms with E-state index >= 15 is 0 Å². The third-order valence-electron chi connectivity index (χ3n) is 5.63. The van der Waals surface area contributed by atoms with E-state index in [0.29, 0.717) is 55.0 Å². The Morgan fingerprint density at radius 3 is 2.42 bits per heavy atom. The number of aromatic nitrogens is 2. The van der Waals surface area contributed by atoms with Gasteiger partial charge in [0.2, 0.25) is 21.8 Å². The van der Waals surface area contributed by atoms with E-state index in [-0.39, 0.29) is 5.92 Å². The summed E-state index contributed by atoms with van der Waals surface area (Å²) in [5, 5.41) is 8.40. The molecule has 0 amide bonds. The molecule has 0 spiro atoms. The van der Waals surface area contributed by atoms with Crippen molar-refractivity contribution in [1.82, 2.24) is 14.5 Å². The van der Waals surface area contributed by atoms with Crippen LogP contribution in [-0.4, -0.2) is 42.6 Å². The van der Waals surface area contributed by atoms with E-state index in [4.69, 9.17) is 9.15 Å². The largest absolute Gasteiger partial charge is 0.494 e. The summed E-state index contributed by atoms with van der Waals surface area (Å²) in [6.07, 6.45) is 1.29. The zero-order valence-corrected chi connectivity index (χ0v) is 18.9. The van der Waals surface area contributed by atoms with Crippen LogP contribution >= 0.6 is 0 Å². The van der Waals surface area contributed by atoms with Gasteiger partial charge in [-0.25, -0.2) is 8.42 Å². The van der Waals surface area contributed by atoms with Crippen LogP contribution in [0.2, 0.25) is 0 Å². The van der Waals surface area contributed by atoms with Crippen LogP contribution in [0.25, 0.3) is 11.5 Å². The monoisotopic (exact) mass is 441 g/mol. The summed E-state index contributed by atoms with van der Waals surface area (Å²) >= 11 is 0. The van der Waals surface area contributed by atoms with Crippen LogP contribution in [0.3, 0.4) is 0 Å². The fourth-order valence-electron chi connectivity index (χ4n) is 3.80. The smallest absolute Gasteiger partial charge is 0.247 e. The lowest BCUT2D eigenvalue weighted by molar-refractivity contribution is 0.291. The Kier molecular flexibility index (Phi) is 6.11. The lowest BCUT2D eigenvalue weighted by atomic mass is 9.98. The Balaban J connectivity index is 1.44. The third kappa shape index (κ3) is 4.50. The summed E-state index contributed by atoms with van der Waals surface area (Å²) in [4.78, 5) is 0.298. The molecule has 7 nitrogen and oxygen atoms in total. The highest BCUT2D eigenvalue weighted by Gasteiger charge is 2.32. The van der Waals surface area contributed by atoms with Crippen LogP contribution in [0.4, 0.5) is 0 Å². The molecule has 0 radical (unpaired) electrons. The van der Waals surface area contributed by atoms with E-state index in [1.165, 1.54) is 9.87 Å². The van der Waals surface area contributed by atoms with E-state index in [2.05, 4.69) is 10.2 Å². The van der Waals surface area contributed by atoms with E-state index in [1.807, 2.05) is 45.0 Å². The van der Waals surface area contributed by atoms with E-state index in [1.54, 1.807) is 18.2 Å². The number of nitrogens with zero attached hydrogens (tertiary/aromatic N) is 3. The van der Waals surface area contributed by atoms with Crippen molar-refractivity contribution in [2.24, 2.45) is 0 Å². The fraction of sp³-hybridized carbons (Fsp3) is 0.391. The molecule has 2 aromatic carbocycles. The summed E-state index contributed by atoms with van der Waals surface area (Å²) in [6, 6.07) is 12.9. The molecule has 1 aliphatic heterocycles. The van der Waals surface area contributed by atoms with Gasteiger partial charge in [-0.2, -0.15) is 4.31 Å². The molecular formula is C23H27N3O4S. The first kappa shape index (κ1) is 21.5. The van der Waals surface area contributed by atoms with Crippen molar-refractivity contribution in [1.29, 1.82) is 0 Å². The maximum absolute atomic E-state index is 13.1. The molecule has 0 unspecified atom stereocenters. The number of benzene rings is 2. The highest BCUT2D eigenvalue weighted by molar-refractivity contribution is 7.89. The SMILES string of the molecule is CCOc1ccc(S(=O)(=O)N2CCC(c3nnc(-c4ccc(C)cc4)o3)CC2)cc1C. The van der Waals surface area contributed by atoms with Crippen molar-refractivity contribution in [2.75, 3.05) is 19.7 Å². The lowest BCUT2D eigenvalue weighted by Crippen LogP contribution is -2.38. The van der Waals surface area contributed by atoms with Crippen molar-refractivity contribution in [3.63, 3.8) is 0 Å². The third-order valence-corrected chi connectivity index (χ3v) is 7.52. The number of aryl methyl sites for hydroxylation is 2. The first-order chi connectivity index (χ1) is 14.9. The van der Waals surface area contributed by atoms with Gasteiger partial charge >= 0.3 is 0 Å². The number of ether oxygens (including phenoxy) is 1. The highest BCUT2D eigenvalue weighted by Crippen LogP contribution is 2.32. The predicted octanol–water partition coefficient (Wildman–Crippen LogP) is 4.32. The number of sulfonamides is 1. The molecule has 1 aliphatic rings. The second-order valence-corrected chi connectivity index (χ2v) is 9.79. The molecule has 0 atom stereocenters. The van der Waals surface area contributed by atoms with Gasteiger partial charge in [-0.1, -0.05) is 17.7 Å². The number of hydrogen-bond donors (Lipinski definition) is 0. The molecule has 8 heteroatoms. The first-order valence-corrected chi connectivity index (χ1v) is 12.0. The number of piperidine rings is 1. The minimum absolute atomic E-state index is 0.0558. The zero-order chi connectivity index (χ0) is 22.0. The minimum Gasteiger partial charge on any atom is -0.494 e. The number of rotatable bonds is 6. The normalized spacial score (nSPS) is 15.8. The molecule has 1 fully saturated rings. The predicted molar refractivity (Wildman–Crippen MR) is 118 cm³/mol. The molecule has 164 valence electrons. The molecule has 4 rings (SSSR count). The lowest BCUT2D eigenvalue weighted by Gasteiger charge is -2.29. The van der Waals surface area contributed by atoms with Crippen LogP contribution in [0.5, 0.6) is 5.75 Å².